The van der Waals surface area contributed by atoms with E-state index in [1.54, 1.807) is 12.4 Å². The lowest BCUT2D eigenvalue weighted by atomic mass is 9.99. The van der Waals surface area contributed by atoms with E-state index in [4.69, 9.17) is 14.8 Å². The van der Waals surface area contributed by atoms with Crippen LogP contribution in [0.3, 0.4) is 0 Å². The fourth-order valence-electron chi connectivity index (χ4n) is 3.37. The monoisotopic (exact) mass is 336 g/mol. The van der Waals surface area contributed by atoms with Gasteiger partial charge in [0.1, 0.15) is 5.82 Å². The first-order chi connectivity index (χ1) is 12.4. The van der Waals surface area contributed by atoms with Gasteiger partial charge in [0.25, 0.3) is 0 Å². The number of morpholine rings is 1. The molecular formula is C18H20N6O. The van der Waals surface area contributed by atoms with Crippen molar-refractivity contribution in [2.24, 2.45) is 0 Å². The highest BCUT2D eigenvalue weighted by Gasteiger charge is 2.24. The Morgan fingerprint density at radius 3 is 2.60 bits per heavy atom. The second-order valence-corrected chi connectivity index (χ2v) is 6.53. The lowest BCUT2D eigenvalue weighted by molar-refractivity contribution is 0.122. The predicted molar refractivity (Wildman–Crippen MR) is 94.9 cm³/mol. The van der Waals surface area contributed by atoms with Gasteiger partial charge in [-0.1, -0.05) is 0 Å². The van der Waals surface area contributed by atoms with E-state index >= 15 is 0 Å². The van der Waals surface area contributed by atoms with Crippen molar-refractivity contribution >= 4 is 11.5 Å². The van der Waals surface area contributed by atoms with Crippen molar-refractivity contribution in [3.63, 3.8) is 0 Å². The molecule has 7 nitrogen and oxygen atoms in total. The first kappa shape index (κ1) is 14.8. The molecule has 7 heteroatoms. The number of pyridine rings is 1. The Bertz CT molecular complexity index is 883. The van der Waals surface area contributed by atoms with Crippen LogP contribution in [0.25, 0.3) is 16.9 Å². The van der Waals surface area contributed by atoms with Gasteiger partial charge in [0, 0.05) is 62.2 Å². The van der Waals surface area contributed by atoms with Crippen LogP contribution in [0.1, 0.15) is 11.6 Å². The molecule has 128 valence electrons. The summed E-state index contributed by atoms with van der Waals surface area (Å²) in [5.41, 5.74) is 4.03. The van der Waals surface area contributed by atoms with Gasteiger partial charge in [0.15, 0.2) is 5.65 Å². The normalized spacial score (nSPS) is 18.5. The summed E-state index contributed by atoms with van der Waals surface area (Å²) in [6.07, 6.45) is 3.59. The summed E-state index contributed by atoms with van der Waals surface area (Å²) in [6, 6.07) is 8.22. The minimum absolute atomic E-state index is 0.490. The SMILES string of the molecule is c1cc(-c2cc3nc(C4CNC4)cc(N4CCOCC4)n3n2)ccn1. The molecule has 0 amide bonds. The molecule has 0 bridgehead atoms. The molecule has 2 saturated heterocycles. The first-order valence-corrected chi connectivity index (χ1v) is 8.73. The highest BCUT2D eigenvalue weighted by atomic mass is 16.5. The van der Waals surface area contributed by atoms with Gasteiger partial charge in [-0.25, -0.2) is 4.98 Å². The summed E-state index contributed by atoms with van der Waals surface area (Å²) >= 11 is 0. The van der Waals surface area contributed by atoms with E-state index in [-0.39, 0.29) is 0 Å². The van der Waals surface area contributed by atoms with Crippen LogP contribution in [-0.4, -0.2) is 59.0 Å². The molecule has 0 saturated carbocycles. The van der Waals surface area contributed by atoms with Gasteiger partial charge in [0.05, 0.1) is 24.6 Å². The van der Waals surface area contributed by atoms with Gasteiger partial charge in [-0.2, -0.15) is 9.61 Å². The van der Waals surface area contributed by atoms with E-state index in [1.165, 1.54) is 0 Å². The molecule has 0 radical (unpaired) electrons. The zero-order valence-corrected chi connectivity index (χ0v) is 13.9. The van der Waals surface area contributed by atoms with Gasteiger partial charge in [-0.05, 0) is 12.1 Å². The van der Waals surface area contributed by atoms with Gasteiger partial charge in [-0.15, -0.1) is 0 Å². The molecule has 1 N–H and O–H groups in total. The summed E-state index contributed by atoms with van der Waals surface area (Å²) in [6.45, 7) is 5.26. The largest absolute Gasteiger partial charge is 0.378 e. The lowest BCUT2D eigenvalue weighted by Gasteiger charge is -2.31. The van der Waals surface area contributed by atoms with E-state index in [2.05, 4.69) is 27.3 Å². The van der Waals surface area contributed by atoms with E-state index in [9.17, 15) is 0 Å². The summed E-state index contributed by atoms with van der Waals surface area (Å²) in [5.74, 6) is 1.60. The maximum Gasteiger partial charge on any atom is 0.158 e. The molecule has 2 aliphatic heterocycles. The minimum atomic E-state index is 0.490. The molecule has 0 atom stereocenters. The number of hydrogen-bond donors (Lipinski definition) is 1. The molecule has 3 aromatic rings. The van der Waals surface area contributed by atoms with Gasteiger partial charge >= 0.3 is 0 Å². The Labute approximate surface area is 145 Å². The van der Waals surface area contributed by atoms with E-state index in [1.807, 2.05) is 16.6 Å². The lowest BCUT2D eigenvalue weighted by Crippen LogP contribution is -2.41. The molecular weight excluding hydrogens is 316 g/mol. The van der Waals surface area contributed by atoms with Gasteiger partial charge in [0.2, 0.25) is 0 Å². The Hall–Kier alpha value is -2.51. The molecule has 5 rings (SSSR count). The summed E-state index contributed by atoms with van der Waals surface area (Å²) in [5, 5.41) is 8.17. The highest BCUT2D eigenvalue weighted by Crippen LogP contribution is 2.27. The molecule has 3 aromatic heterocycles. The minimum Gasteiger partial charge on any atom is -0.378 e. The van der Waals surface area contributed by atoms with Crippen LogP contribution >= 0.6 is 0 Å². The molecule has 0 aliphatic carbocycles. The van der Waals surface area contributed by atoms with E-state index < -0.39 is 0 Å². The average molecular weight is 336 g/mol. The molecule has 25 heavy (non-hydrogen) atoms. The van der Waals surface area contributed by atoms with Crippen molar-refractivity contribution in [3.05, 3.63) is 42.4 Å². The fraction of sp³-hybridized carbons (Fsp3) is 0.389. The zero-order chi connectivity index (χ0) is 16.6. The van der Waals surface area contributed by atoms with Crippen LogP contribution in [0.4, 0.5) is 5.82 Å². The third kappa shape index (κ3) is 2.65. The zero-order valence-electron chi connectivity index (χ0n) is 13.9. The highest BCUT2D eigenvalue weighted by molar-refractivity contribution is 5.65. The van der Waals surface area contributed by atoms with Crippen molar-refractivity contribution < 1.29 is 4.74 Å². The molecule has 5 heterocycles. The quantitative estimate of drug-likeness (QED) is 0.778. The van der Waals surface area contributed by atoms with Gasteiger partial charge < -0.3 is 15.0 Å². The van der Waals surface area contributed by atoms with Crippen LogP contribution < -0.4 is 10.2 Å². The van der Waals surface area contributed by atoms with Crippen molar-refractivity contribution in [2.75, 3.05) is 44.3 Å². The third-order valence-corrected chi connectivity index (χ3v) is 4.94. The molecule has 0 unspecified atom stereocenters. The number of nitrogens with zero attached hydrogens (tertiary/aromatic N) is 5. The number of rotatable bonds is 3. The standard InChI is InChI=1S/C18H20N6O/c1-3-19-4-2-13(1)16-9-17-21-15(14-11-20-12-14)10-18(24(17)22-16)23-5-7-25-8-6-23/h1-4,9-10,14,20H,5-8,11-12H2. The number of hydrogen-bond acceptors (Lipinski definition) is 6. The maximum atomic E-state index is 5.51. The van der Waals surface area contributed by atoms with Gasteiger partial charge in [-0.3, -0.25) is 4.98 Å². The van der Waals surface area contributed by atoms with Crippen molar-refractivity contribution in [2.45, 2.75) is 5.92 Å². The molecule has 0 aromatic carbocycles. The number of nitrogens with one attached hydrogen (secondary N) is 1. The van der Waals surface area contributed by atoms with Crippen LogP contribution in [0, 0.1) is 0 Å². The topological polar surface area (TPSA) is 67.6 Å². The van der Waals surface area contributed by atoms with Crippen molar-refractivity contribution in [1.29, 1.82) is 0 Å². The van der Waals surface area contributed by atoms with Crippen LogP contribution in [0.2, 0.25) is 0 Å². The van der Waals surface area contributed by atoms with Crippen LogP contribution in [0.5, 0.6) is 0 Å². The Balaban J connectivity index is 1.64. The number of ether oxygens (including phenoxy) is 1. The number of fused-ring (bicyclic) bond motifs is 1. The third-order valence-electron chi connectivity index (χ3n) is 4.94. The summed E-state index contributed by atoms with van der Waals surface area (Å²) in [4.78, 5) is 11.3. The number of aromatic nitrogens is 4. The first-order valence-electron chi connectivity index (χ1n) is 8.73. The van der Waals surface area contributed by atoms with Crippen molar-refractivity contribution in [3.8, 4) is 11.3 Å². The summed E-state index contributed by atoms with van der Waals surface area (Å²) in [7, 11) is 0. The summed E-state index contributed by atoms with van der Waals surface area (Å²) < 4.78 is 7.48. The second-order valence-electron chi connectivity index (χ2n) is 6.53. The average Bonchev–Trinajstić information content (AvgIpc) is 3.05. The van der Waals surface area contributed by atoms with Crippen LogP contribution in [0.15, 0.2) is 36.7 Å². The Morgan fingerprint density at radius 2 is 1.88 bits per heavy atom. The fourth-order valence-corrected chi connectivity index (χ4v) is 3.37. The Kier molecular flexibility index (Phi) is 3.61. The Morgan fingerprint density at radius 1 is 1.08 bits per heavy atom. The van der Waals surface area contributed by atoms with Crippen LogP contribution in [-0.2, 0) is 4.74 Å². The van der Waals surface area contributed by atoms with E-state index in [0.29, 0.717) is 5.92 Å². The molecule has 0 spiro atoms. The second kappa shape index (κ2) is 6.09. The molecule has 2 aliphatic rings. The van der Waals surface area contributed by atoms with Crippen molar-refractivity contribution in [1.82, 2.24) is 24.9 Å². The predicted octanol–water partition coefficient (Wildman–Crippen LogP) is 1.31. The number of anilines is 1. The molecule has 2 fully saturated rings. The smallest absolute Gasteiger partial charge is 0.158 e. The van der Waals surface area contributed by atoms with E-state index in [0.717, 1.165) is 67.8 Å². The maximum absolute atomic E-state index is 5.51.